The molecule has 0 spiro atoms. The first kappa shape index (κ1) is 16.9. The Hall–Kier alpha value is -0.900. The zero-order valence-electron chi connectivity index (χ0n) is 14.8. The van der Waals surface area contributed by atoms with Crippen LogP contribution in [-0.2, 0) is 6.54 Å². The topological polar surface area (TPSA) is 26.7 Å². The number of rotatable bonds is 3. The molecule has 3 nitrogen and oxygen atoms in total. The zero-order valence-corrected chi connectivity index (χ0v) is 14.8. The molecule has 2 fully saturated rings. The molecule has 3 rings (SSSR count). The molecule has 2 heterocycles. The van der Waals surface area contributed by atoms with E-state index in [1.807, 2.05) is 0 Å². The number of hydrogen-bond donors (Lipinski definition) is 1. The standard InChI is InChI=1S/C20H32N2O/c1-16-7-8-18(13-17(16)2)14-21-12-9-19(20(23)15-21)22-10-5-3-4-6-11-22/h7-8,13,19-20,23H,3-6,9-12,14-15H2,1-2H3/t19-,20-/m0/s1. The largest absolute Gasteiger partial charge is 0.390 e. The fourth-order valence-electron chi connectivity index (χ4n) is 4.14. The van der Waals surface area contributed by atoms with Gasteiger partial charge in [-0.1, -0.05) is 31.0 Å². The summed E-state index contributed by atoms with van der Waals surface area (Å²) >= 11 is 0. The minimum atomic E-state index is -0.201. The van der Waals surface area contributed by atoms with E-state index >= 15 is 0 Å². The van der Waals surface area contributed by atoms with Gasteiger partial charge in [0.05, 0.1) is 6.10 Å². The second kappa shape index (κ2) is 7.78. The number of hydrogen-bond acceptors (Lipinski definition) is 3. The summed E-state index contributed by atoms with van der Waals surface area (Å²) in [6, 6.07) is 7.12. The summed E-state index contributed by atoms with van der Waals surface area (Å²) in [4.78, 5) is 4.98. The first-order chi connectivity index (χ1) is 11.1. The maximum atomic E-state index is 10.7. The van der Waals surface area contributed by atoms with Gasteiger partial charge in [-0.05, 0) is 62.9 Å². The van der Waals surface area contributed by atoms with E-state index in [4.69, 9.17) is 0 Å². The molecule has 2 aliphatic heterocycles. The van der Waals surface area contributed by atoms with E-state index < -0.39 is 0 Å². The van der Waals surface area contributed by atoms with Gasteiger partial charge in [0.25, 0.3) is 0 Å². The average molecular weight is 316 g/mol. The van der Waals surface area contributed by atoms with Crippen LogP contribution in [0.2, 0.25) is 0 Å². The highest BCUT2D eigenvalue weighted by Gasteiger charge is 2.32. The summed E-state index contributed by atoms with van der Waals surface area (Å²) < 4.78 is 0. The van der Waals surface area contributed by atoms with Gasteiger partial charge in [0.2, 0.25) is 0 Å². The van der Waals surface area contributed by atoms with Crippen molar-refractivity contribution in [3.05, 3.63) is 34.9 Å². The quantitative estimate of drug-likeness (QED) is 0.928. The van der Waals surface area contributed by atoms with Gasteiger partial charge in [-0.2, -0.15) is 0 Å². The number of piperidine rings is 1. The second-order valence-electron chi connectivity index (χ2n) is 7.53. The van der Waals surface area contributed by atoms with Crippen LogP contribution in [0, 0.1) is 13.8 Å². The lowest BCUT2D eigenvalue weighted by atomic mass is 9.98. The summed E-state index contributed by atoms with van der Waals surface area (Å²) in [5, 5.41) is 10.7. The molecule has 0 amide bonds. The zero-order chi connectivity index (χ0) is 16.2. The third-order valence-corrected chi connectivity index (χ3v) is 5.72. The second-order valence-corrected chi connectivity index (χ2v) is 7.53. The number of benzene rings is 1. The normalized spacial score (nSPS) is 27.8. The molecule has 0 bridgehead atoms. The highest BCUT2D eigenvalue weighted by molar-refractivity contribution is 5.29. The third kappa shape index (κ3) is 4.34. The van der Waals surface area contributed by atoms with Crippen LogP contribution in [0.4, 0.5) is 0 Å². The van der Waals surface area contributed by atoms with E-state index in [0.717, 1.165) is 26.1 Å². The van der Waals surface area contributed by atoms with Crippen LogP contribution in [-0.4, -0.2) is 53.2 Å². The SMILES string of the molecule is Cc1ccc(CN2CC[C@H](N3CCCCCC3)[C@@H](O)C2)cc1C. The molecule has 0 aromatic heterocycles. The van der Waals surface area contributed by atoms with Crippen LogP contribution >= 0.6 is 0 Å². The molecule has 0 unspecified atom stereocenters. The van der Waals surface area contributed by atoms with Crippen LogP contribution in [0.5, 0.6) is 0 Å². The van der Waals surface area contributed by atoms with Crippen molar-refractivity contribution in [1.29, 1.82) is 0 Å². The van der Waals surface area contributed by atoms with Crippen LogP contribution in [0.3, 0.4) is 0 Å². The highest BCUT2D eigenvalue weighted by atomic mass is 16.3. The van der Waals surface area contributed by atoms with Crippen LogP contribution in [0.1, 0.15) is 48.8 Å². The fraction of sp³-hybridized carbons (Fsp3) is 0.700. The van der Waals surface area contributed by atoms with E-state index in [1.165, 1.54) is 55.5 Å². The van der Waals surface area contributed by atoms with Crippen molar-refractivity contribution in [3.8, 4) is 0 Å². The van der Waals surface area contributed by atoms with Gasteiger partial charge in [-0.3, -0.25) is 9.80 Å². The van der Waals surface area contributed by atoms with Gasteiger partial charge in [0.1, 0.15) is 0 Å². The van der Waals surface area contributed by atoms with Gasteiger partial charge >= 0.3 is 0 Å². The van der Waals surface area contributed by atoms with Crippen LogP contribution in [0.25, 0.3) is 0 Å². The van der Waals surface area contributed by atoms with Gasteiger partial charge in [-0.25, -0.2) is 0 Å². The van der Waals surface area contributed by atoms with Gasteiger partial charge in [0, 0.05) is 25.7 Å². The van der Waals surface area contributed by atoms with Crippen molar-refractivity contribution in [1.82, 2.24) is 9.80 Å². The molecule has 1 N–H and O–H groups in total. The minimum Gasteiger partial charge on any atom is -0.390 e. The lowest BCUT2D eigenvalue weighted by Gasteiger charge is -2.41. The molecular weight excluding hydrogens is 284 g/mol. The predicted octanol–water partition coefficient (Wildman–Crippen LogP) is 3.11. The molecule has 2 aliphatic rings. The fourth-order valence-corrected chi connectivity index (χ4v) is 4.14. The van der Waals surface area contributed by atoms with Crippen molar-refractivity contribution in [2.75, 3.05) is 26.2 Å². The number of aryl methyl sites for hydroxylation is 2. The maximum absolute atomic E-state index is 10.7. The maximum Gasteiger partial charge on any atom is 0.0822 e. The van der Waals surface area contributed by atoms with Gasteiger partial charge < -0.3 is 5.11 Å². The molecule has 0 aliphatic carbocycles. The Morgan fingerprint density at radius 3 is 2.39 bits per heavy atom. The molecule has 0 radical (unpaired) electrons. The molecule has 128 valence electrons. The minimum absolute atomic E-state index is 0.201. The summed E-state index contributed by atoms with van der Waals surface area (Å²) in [7, 11) is 0. The highest BCUT2D eigenvalue weighted by Crippen LogP contribution is 2.22. The van der Waals surface area contributed by atoms with E-state index in [-0.39, 0.29) is 6.10 Å². The van der Waals surface area contributed by atoms with Crippen molar-refractivity contribution >= 4 is 0 Å². The van der Waals surface area contributed by atoms with Gasteiger partial charge in [0.15, 0.2) is 0 Å². The molecule has 2 atom stereocenters. The summed E-state index contributed by atoms with van der Waals surface area (Å²) in [5.41, 5.74) is 4.09. The number of likely N-dealkylation sites (tertiary alicyclic amines) is 2. The Morgan fingerprint density at radius 2 is 1.74 bits per heavy atom. The first-order valence-electron chi connectivity index (χ1n) is 9.34. The Bertz CT molecular complexity index is 508. The van der Waals surface area contributed by atoms with Crippen molar-refractivity contribution in [2.24, 2.45) is 0 Å². The monoisotopic (exact) mass is 316 g/mol. The Balaban J connectivity index is 1.56. The Morgan fingerprint density at radius 1 is 1.00 bits per heavy atom. The smallest absolute Gasteiger partial charge is 0.0822 e. The lowest BCUT2D eigenvalue weighted by Crippen LogP contribution is -2.54. The van der Waals surface area contributed by atoms with Gasteiger partial charge in [-0.15, -0.1) is 0 Å². The molecule has 1 aromatic carbocycles. The number of aliphatic hydroxyl groups is 1. The summed E-state index contributed by atoms with van der Waals surface area (Å²) in [6.45, 7) is 9.58. The van der Waals surface area contributed by atoms with E-state index in [9.17, 15) is 5.11 Å². The molecular formula is C20H32N2O. The molecule has 23 heavy (non-hydrogen) atoms. The van der Waals surface area contributed by atoms with E-state index in [0.29, 0.717) is 6.04 Å². The van der Waals surface area contributed by atoms with Crippen molar-refractivity contribution < 1.29 is 5.11 Å². The Kier molecular flexibility index (Phi) is 5.73. The number of β-amino-alcohol motifs (C(OH)–C–C–N with tert-alkyl or cyclic N) is 1. The number of nitrogens with zero attached hydrogens (tertiary/aromatic N) is 2. The van der Waals surface area contributed by atoms with Crippen LogP contribution < -0.4 is 0 Å². The average Bonchev–Trinajstić information content (AvgIpc) is 2.80. The van der Waals surface area contributed by atoms with E-state index in [1.54, 1.807) is 0 Å². The molecule has 1 aromatic rings. The first-order valence-corrected chi connectivity index (χ1v) is 9.34. The summed E-state index contributed by atoms with van der Waals surface area (Å²) in [5.74, 6) is 0. The number of aliphatic hydroxyl groups excluding tert-OH is 1. The molecule has 2 saturated heterocycles. The van der Waals surface area contributed by atoms with E-state index in [2.05, 4.69) is 41.8 Å². The Labute approximate surface area is 141 Å². The third-order valence-electron chi connectivity index (χ3n) is 5.72. The molecule has 0 saturated carbocycles. The predicted molar refractivity (Wildman–Crippen MR) is 95.6 cm³/mol. The van der Waals surface area contributed by atoms with Crippen molar-refractivity contribution in [2.45, 2.75) is 64.6 Å². The molecule has 3 heteroatoms. The lowest BCUT2D eigenvalue weighted by molar-refractivity contribution is -0.0144. The van der Waals surface area contributed by atoms with Crippen molar-refractivity contribution in [3.63, 3.8) is 0 Å². The van der Waals surface area contributed by atoms with Crippen LogP contribution in [0.15, 0.2) is 18.2 Å². The summed E-state index contributed by atoms with van der Waals surface area (Å²) in [6.07, 6.45) is 6.22.